The van der Waals surface area contributed by atoms with Gasteiger partial charge in [-0.2, -0.15) is 4.31 Å². The lowest BCUT2D eigenvalue weighted by Gasteiger charge is -2.26. The zero-order chi connectivity index (χ0) is 23.4. The van der Waals surface area contributed by atoms with E-state index in [1.165, 1.54) is 48.7 Å². The third-order valence-electron chi connectivity index (χ3n) is 5.14. The Labute approximate surface area is 188 Å². The van der Waals surface area contributed by atoms with Crippen LogP contribution in [0.15, 0.2) is 52.3 Å². The number of piperidine rings is 1. The number of rotatable bonds is 8. The molecule has 2 aromatic carbocycles. The largest absolute Gasteiger partial charge is 0.495 e. The molecule has 1 fully saturated rings. The van der Waals surface area contributed by atoms with Gasteiger partial charge in [0.2, 0.25) is 15.9 Å². The molecule has 1 aliphatic rings. The number of hydrogen-bond acceptors (Lipinski definition) is 6. The summed E-state index contributed by atoms with van der Waals surface area (Å²) in [4.78, 5) is 11.0. The van der Waals surface area contributed by atoms with Gasteiger partial charge in [-0.25, -0.2) is 16.8 Å². The standard InChI is InChI=1S/C21H27N3O6S2/c1-16(25)22-15-17-6-8-18(9-7-17)31(26,27)23-20-14-19(10-11-21(20)30-2)32(28,29)24-12-4-3-5-13-24/h6-11,14,23H,3-5,12-13,15H2,1-2H3,(H,22,25). The number of nitrogens with zero attached hydrogens (tertiary/aromatic N) is 1. The fourth-order valence-corrected chi connectivity index (χ4v) is 6.00. The lowest BCUT2D eigenvalue weighted by Crippen LogP contribution is -2.35. The van der Waals surface area contributed by atoms with E-state index >= 15 is 0 Å². The number of methoxy groups -OCH3 is 1. The maximum Gasteiger partial charge on any atom is 0.262 e. The molecule has 3 rings (SSSR count). The van der Waals surface area contributed by atoms with Gasteiger partial charge in [0.15, 0.2) is 0 Å². The highest BCUT2D eigenvalue weighted by Crippen LogP contribution is 2.31. The molecule has 174 valence electrons. The predicted octanol–water partition coefficient (Wildman–Crippen LogP) is 2.31. The highest BCUT2D eigenvalue weighted by atomic mass is 32.2. The molecule has 0 aromatic heterocycles. The average molecular weight is 482 g/mol. The van der Waals surface area contributed by atoms with E-state index in [2.05, 4.69) is 10.0 Å². The maximum absolute atomic E-state index is 13.0. The van der Waals surface area contributed by atoms with Gasteiger partial charge in [-0.05, 0) is 48.7 Å². The van der Waals surface area contributed by atoms with Crippen LogP contribution in [-0.4, -0.2) is 47.2 Å². The van der Waals surface area contributed by atoms with E-state index in [0.717, 1.165) is 24.8 Å². The minimum Gasteiger partial charge on any atom is -0.495 e. The monoisotopic (exact) mass is 481 g/mol. The fraction of sp³-hybridized carbons (Fsp3) is 0.381. The summed E-state index contributed by atoms with van der Waals surface area (Å²) in [7, 11) is -6.37. The van der Waals surface area contributed by atoms with Crippen molar-refractivity contribution in [2.24, 2.45) is 0 Å². The van der Waals surface area contributed by atoms with Gasteiger partial charge in [-0.15, -0.1) is 0 Å². The van der Waals surface area contributed by atoms with Crippen molar-refractivity contribution < 1.29 is 26.4 Å². The number of amides is 1. The van der Waals surface area contributed by atoms with Crippen LogP contribution in [0.2, 0.25) is 0 Å². The van der Waals surface area contributed by atoms with Crippen molar-refractivity contribution in [3.05, 3.63) is 48.0 Å². The first-order chi connectivity index (χ1) is 15.1. The lowest BCUT2D eigenvalue weighted by atomic mass is 10.2. The van der Waals surface area contributed by atoms with Crippen LogP contribution < -0.4 is 14.8 Å². The van der Waals surface area contributed by atoms with E-state index in [9.17, 15) is 21.6 Å². The van der Waals surface area contributed by atoms with E-state index in [1.807, 2.05) is 0 Å². The third-order valence-corrected chi connectivity index (χ3v) is 8.42. The molecule has 0 atom stereocenters. The summed E-state index contributed by atoms with van der Waals surface area (Å²) in [6.07, 6.45) is 2.59. The van der Waals surface area contributed by atoms with Crippen LogP contribution in [0.25, 0.3) is 0 Å². The van der Waals surface area contributed by atoms with E-state index in [-0.39, 0.29) is 33.7 Å². The van der Waals surface area contributed by atoms with Gasteiger partial charge in [0.05, 0.1) is 22.6 Å². The second-order valence-electron chi connectivity index (χ2n) is 7.49. The first kappa shape index (κ1) is 24.0. The van der Waals surface area contributed by atoms with Gasteiger partial charge in [0.25, 0.3) is 10.0 Å². The van der Waals surface area contributed by atoms with E-state index in [4.69, 9.17) is 4.74 Å². The molecule has 0 bridgehead atoms. The second-order valence-corrected chi connectivity index (χ2v) is 11.1. The number of sulfonamides is 2. The SMILES string of the molecule is COc1ccc(S(=O)(=O)N2CCCCC2)cc1NS(=O)(=O)c1ccc(CNC(C)=O)cc1. The number of carbonyl (C=O) groups excluding carboxylic acids is 1. The first-order valence-corrected chi connectivity index (χ1v) is 13.1. The third kappa shape index (κ3) is 5.59. The molecule has 1 amide bonds. The molecule has 32 heavy (non-hydrogen) atoms. The van der Waals surface area contributed by atoms with E-state index in [1.54, 1.807) is 12.1 Å². The molecular weight excluding hydrogens is 454 g/mol. The Balaban J connectivity index is 1.86. The Hall–Kier alpha value is -2.63. The van der Waals surface area contributed by atoms with Crippen LogP contribution in [0.5, 0.6) is 5.75 Å². The van der Waals surface area contributed by atoms with Crippen molar-refractivity contribution in [3.8, 4) is 5.75 Å². The number of anilines is 1. The Kier molecular flexibility index (Phi) is 7.42. The summed E-state index contributed by atoms with van der Waals surface area (Å²) in [5.41, 5.74) is 0.777. The summed E-state index contributed by atoms with van der Waals surface area (Å²) >= 11 is 0. The summed E-state index contributed by atoms with van der Waals surface area (Å²) in [5.74, 6) is 0.0169. The number of hydrogen-bond donors (Lipinski definition) is 2. The van der Waals surface area contributed by atoms with Crippen LogP contribution in [0, 0.1) is 0 Å². The molecule has 1 saturated heterocycles. The quantitative estimate of drug-likeness (QED) is 0.597. The fourth-order valence-electron chi connectivity index (χ4n) is 3.40. The van der Waals surface area contributed by atoms with Gasteiger partial charge >= 0.3 is 0 Å². The molecule has 11 heteroatoms. The average Bonchev–Trinajstić information content (AvgIpc) is 2.78. The van der Waals surface area contributed by atoms with Crippen LogP contribution in [0.1, 0.15) is 31.7 Å². The number of ether oxygens (including phenoxy) is 1. The molecule has 1 aliphatic heterocycles. The van der Waals surface area contributed by atoms with Crippen molar-refractivity contribution in [2.75, 3.05) is 24.9 Å². The highest BCUT2D eigenvalue weighted by molar-refractivity contribution is 7.92. The molecule has 0 spiro atoms. The van der Waals surface area contributed by atoms with Gasteiger partial charge in [-0.1, -0.05) is 18.6 Å². The van der Waals surface area contributed by atoms with E-state index in [0.29, 0.717) is 13.1 Å². The molecule has 2 N–H and O–H groups in total. The molecule has 0 unspecified atom stereocenters. The first-order valence-electron chi connectivity index (χ1n) is 10.2. The van der Waals surface area contributed by atoms with Crippen LogP contribution in [-0.2, 0) is 31.4 Å². The second kappa shape index (κ2) is 9.88. The van der Waals surface area contributed by atoms with Gasteiger partial charge in [0, 0.05) is 26.6 Å². The Morgan fingerprint density at radius 2 is 1.59 bits per heavy atom. The van der Waals surface area contributed by atoms with Crippen LogP contribution >= 0.6 is 0 Å². The van der Waals surface area contributed by atoms with Crippen molar-refractivity contribution in [3.63, 3.8) is 0 Å². The van der Waals surface area contributed by atoms with Crippen LogP contribution in [0.4, 0.5) is 5.69 Å². The lowest BCUT2D eigenvalue weighted by molar-refractivity contribution is -0.119. The molecule has 1 heterocycles. The number of carbonyl (C=O) groups is 1. The number of benzene rings is 2. The summed E-state index contributed by atoms with van der Waals surface area (Å²) in [6.45, 7) is 2.57. The van der Waals surface area contributed by atoms with Gasteiger partial charge in [0.1, 0.15) is 5.75 Å². The summed E-state index contributed by atoms with van der Waals surface area (Å²) in [6, 6.07) is 10.2. The molecule has 2 aromatic rings. The molecule has 0 saturated carbocycles. The Morgan fingerprint density at radius 1 is 0.969 bits per heavy atom. The van der Waals surface area contributed by atoms with Crippen molar-refractivity contribution in [1.82, 2.24) is 9.62 Å². The number of nitrogens with one attached hydrogen (secondary N) is 2. The summed E-state index contributed by atoms with van der Waals surface area (Å²) in [5, 5.41) is 2.64. The molecule has 9 nitrogen and oxygen atoms in total. The summed E-state index contributed by atoms with van der Waals surface area (Å²) < 4.78 is 60.9. The Morgan fingerprint density at radius 3 is 2.19 bits per heavy atom. The van der Waals surface area contributed by atoms with Crippen LogP contribution in [0.3, 0.4) is 0 Å². The normalized spacial score (nSPS) is 15.2. The van der Waals surface area contributed by atoms with Crippen molar-refractivity contribution in [2.45, 2.75) is 42.5 Å². The zero-order valence-corrected chi connectivity index (χ0v) is 19.6. The zero-order valence-electron chi connectivity index (χ0n) is 18.0. The van der Waals surface area contributed by atoms with Crippen molar-refractivity contribution in [1.29, 1.82) is 0 Å². The van der Waals surface area contributed by atoms with E-state index < -0.39 is 20.0 Å². The minimum absolute atomic E-state index is 0.00329. The Bertz CT molecular complexity index is 1170. The van der Waals surface area contributed by atoms with Gasteiger partial charge in [-0.3, -0.25) is 9.52 Å². The highest BCUT2D eigenvalue weighted by Gasteiger charge is 2.27. The predicted molar refractivity (Wildman–Crippen MR) is 120 cm³/mol. The minimum atomic E-state index is -4.01. The topological polar surface area (TPSA) is 122 Å². The molecule has 0 aliphatic carbocycles. The maximum atomic E-state index is 13.0. The molecule has 0 radical (unpaired) electrons. The molecular formula is C21H27N3O6S2. The van der Waals surface area contributed by atoms with Gasteiger partial charge < -0.3 is 10.1 Å². The smallest absolute Gasteiger partial charge is 0.262 e. The van der Waals surface area contributed by atoms with Crippen molar-refractivity contribution >= 4 is 31.6 Å².